The number of hydrogen-bond donors (Lipinski definition) is 0. The molecule has 0 fully saturated rings. The molecule has 0 unspecified atom stereocenters. The summed E-state index contributed by atoms with van der Waals surface area (Å²) in [4.78, 5) is 0. The van der Waals surface area contributed by atoms with Crippen LogP contribution in [0.5, 0.6) is 0 Å². The zero-order valence-corrected chi connectivity index (χ0v) is 15.0. The van der Waals surface area contributed by atoms with Gasteiger partial charge in [0.2, 0.25) is 0 Å². The molecule has 0 saturated heterocycles. The maximum absolute atomic E-state index is 9.09. The lowest BCUT2D eigenvalue weighted by Crippen LogP contribution is -1.88. The number of unbranched alkanes of at least 4 members (excludes halogenated alkanes) is 3. The Labute approximate surface area is 154 Å². The summed E-state index contributed by atoms with van der Waals surface area (Å²) in [5, 5.41) is 18.5. The first-order chi connectivity index (χ1) is 12.2. The van der Waals surface area contributed by atoms with E-state index in [1.165, 1.54) is 37.3 Å². The molecule has 3 heteroatoms. The monoisotopic (exact) mass is 346 g/mol. The van der Waals surface area contributed by atoms with E-state index in [4.69, 9.17) is 22.1 Å². The van der Waals surface area contributed by atoms with Gasteiger partial charge in [0.25, 0.3) is 0 Å². The normalized spacial score (nSPS) is 9.60. The van der Waals surface area contributed by atoms with Gasteiger partial charge in [-0.1, -0.05) is 61.8 Å². The Hall–Kier alpha value is -2.73. The third-order valence-electron chi connectivity index (χ3n) is 3.96. The maximum Gasteiger partial charge on any atom is 0.101 e. The van der Waals surface area contributed by atoms with Gasteiger partial charge in [-0.3, -0.25) is 0 Å². The molecule has 0 aromatic heterocycles. The van der Waals surface area contributed by atoms with Gasteiger partial charge in [0.1, 0.15) is 12.1 Å². The molecule has 0 aliphatic heterocycles. The van der Waals surface area contributed by atoms with Crippen LogP contribution in [0.3, 0.4) is 0 Å². The molecule has 0 amide bonds. The van der Waals surface area contributed by atoms with Gasteiger partial charge in [0.05, 0.1) is 16.1 Å². The second kappa shape index (κ2) is 9.54. The molecule has 2 nitrogen and oxygen atoms in total. The molecule has 0 spiro atoms. The third kappa shape index (κ3) is 5.39. The molecule has 0 N–H and O–H groups in total. The second-order valence-corrected chi connectivity index (χ2v) is 6.27. The van der Waals surface area contributed by atoms with Crippen molar-refractivity contribution in [1.29, 1.82) is 10.5 Å². The van der Waals surface area contributed by atoms with Gasteiger partial charge in [0.15, 0.2) is 0 Å². The minimum atomic E-state index is 0.269. The summed E-state index contributed by atoms with van der Waals surface area (Å²) in [5.41, 5.74) is 3.34. The van der Waals surface area contributed by atoms with Crippen LogP contribution in [0.1, 0.15) is 60.4 Å². The predicted molar refractivity (Wildman–Crippen MR) is 101 cm³/mol. The van der Waals surface area contributed by atoms with E-state index in [1.807, 2.05) is 24.3 Å². The molecular weight excluding hydrogens is 328 g/mol. The fourth-order valence-electron chi connectivity index (χ4n) is 2.50. The molecule has 0 saturated carbocycles. The number of rotatable bonds is 5. The van der Waals surface area contributed by atoms with Crippen LogP contribution in [0.2, 0.25) is 5.02 Å². The summed E-state index contributed by atoms with van der Waals surface area (Å²) in [6, 6.07) is 15.2. The summed E-state index contributed by atoms with van der Waals surface area (Å²) < 4.78 is 0. The van der Waals surface area contributed by atoms with Gasteiger partial charge in [-0.2, -0.15) is 10.5 Å². The van der Waals surface area contributed by atoms with Gasteiger partial charge in [-0.05, 0) is 42.7 Å². The lowest BCUT2D eigenvalue weighted by Gasteiger charge is -2.01. The zero-order chi connectivity index (χ0) is 18.1. The molecule has 0 radical (unpaired) electrons. The van der Waals surface area contributed by atoms with Crippen molar-refractivity contribution in [2.45, 2.75) is 39.0 Å². The highest BCUT2D eigenvalue weighted by Crippen LogP contribution is 2.20. The Bertz CT molecular complexity index is 872. The van der Waals surface area contributed by atoms with Crippen molar-refractivity contribution in [2.24, 2.45) is 0 Å². The van der Waals surface area contributed by atoms with Gasteiger partial charge in [-0.15, -0.1) is 0 Å². The van der Waals surface area contributed by atoms with Crippen LogP contribution in [-0.4, -0.2) is 0 Å². The van der Waals surface area contributed by atoms with E-state index in [9.17, 15) is 0 Å². The molecule has 0 aliphatic rings. The minimum absolute atomic E-state index is 0.269. The van der Waals surface area contributed by atoms with Crippen molar-refractivity contribution in [3.8, 4) is 24.0 Å². The Morgan fingerprint density at radius 3 is 2.16 bits per heavy atom. The average molecular weight is 347 g/mol. The Morgan fingerprint density at radius 2 is 1.52 bits per heavy atom. The molecule has 25 heavy (non-hydrogen) atoms. The highest BCUT2D eigenvalue weighted by molar-refractivity contribution is 6.31. The van der Waals surface area contributed by atoms with Crippen molar-refractivity contribution in [2.75, 3.05) is 0 Å². The number of nitrogens with zero attached hydrogens (tertiary/aromatic N) is 2. The molecule has 2 rings (SSSR count). The molecule has 0 bridgehead atoms. The van der Waals surface area contributed by atoms with Crippen LogP contribution in [-0.2, 0) is 6.42 Å². The lowest BCUT2D eigenvalue weighted by molar-refractivity contribution is 0.667. The van der Waals surface area contributed by atoms with Crippen molar-refractivity contribution < 1.29 is 0 Å². The second-order valence-electron chi connectivity index (χ2n) is 5.86. The van der Waals surface area contributed by atoms with Gasteiger partial charge < -0.3 is 0 Å². The van der Waals surface area contributed by atoms with Crippen molar-refractivity contribution in [1.82, 2.24) is 0 Å². The fourth-order valence-corrected chi connectivity index (χ4v) is 2.72. The van der Waals surface area contributed by atoms with E-state index in [-0.39, 0.29) is 5.56 Å². The largest absolute Gasteiger partial charge is 0.192 e. The molecule has 0 heterocycles. The van der Waals surface area contributed by atoms with Crippen LogP contribution >= 0.6 is 11.6 Å². The van der Waals surface area contributed by atoms with Gasteiger partial charge in [-0.25, -0.2) is 0 Å². The predicted octanol–water partition coefficient (Wildman–Crippen LogP) is 5.61. The highest BCUT2D eigenvalue weighted by atomic mass is 35.5. The Balaban J connectivity index is 2.11. The standard InChI is InChI=1S/C22H19ClN2/c1-2-3-4-5-6-17-7-9-18(10-8-17)11-12-19-13-20(15-24)21(16-25)14-22(19)23/h7-10,13-14H,2-6H2,1H3. The first-order valence-corrected chi connectivity index (χ1v) is 8.80. The molecule has 2 aromatic carbocycles. The quantitative estimate of drug-likeness (QED) is 0.522. The number of nitriles is 2. The van der Waals surface area contributed by atoms with Gasteiger partial charge in [0, 0.05) is 11.1 Å². The van der Waals surface area contributed by atoms with Crippen LogP contribution in [0.4, 0.5) is 0 Å². The van der Waals surface area contributed by atoms with E-state index < -0.39 is 0 Å². The fraction of sp³-hybridized carbons (Fsp3) is 0.273. The van der Waals surface area contributed by atoms with E-state index in [0.717, 1.165) is 12.0 Å². The van der Waals surface area contributed by atoms with E-state index in [1.54, 1.807) is 6.07 Å². The summed E-state index contributed by atoms with van der Waals surface area (Å²) in [6.07, 6.45) is 6.13. The Morgan fingerprint density at radius 1 is 0.840 bits per heavy atom. The van der Waals surface area contributed by atoms with Gasteiger partial charge >= 0.3 is 0 Å². The zero-order valence-electron chi connectivity index (χ0n) is 14.3. The average Bonchev–Trinajstić information content (AvgIpc) is 2.65. The number of aryl methyl sites for hydroxylation is 1. The number of hydrogen-bond acceptors (Lipinski definition) is 2. The molecule has 0 atom stereocenters. The minimum Gasteiger partial charge on any atom is -0.192 e. The molecule has 124 valence electrons. The van der Waals surface area contributed by atoms with Crippen molar-refractivity contribution in [3.05, 3.63) is 69.2 Å². The van der Waals surface area contributed by atoms with Crippen LogP contribution in [0.25, 0.3) is 0 Å². The summed E-state index contributed by atoms with van der Waals surface area (Å²) in [5.74, 6) is 6.06. The number of benzene rings is 2. The van der Waals surface area contributed by atoms with E-state index >= 15 is 0 Å². The van der Waals surface area contributed by atoms with Crippen molar-refractivity contribution >= 4 is 11.6 Å². The SMILES string of the molecule is CCCCCCc1ccc(C#Cc2cc(C#N)c(C#N)cc2Cl)cc1. The molecule has 2 aromatic rings. The smallest absolute Gasteiger partial charge is 0.101 e. The number of halogens is 1. The Kier molecular flexibility index (Phi) is 7.10. The third-order valence-corrected chi connectivity index (χ3v) is 4.28. The maximum atomic E-state index is 9.09. The lowest BCUT2D eigenvalue weighted by atomic mass is 10.0. The van der Waals surface area contributed by atoms with Crippen LogP contribution < -0.4 is 0 Å². The summed E-state index contributed by atoms with van der Waals surface area (Å²) in [6.45, 7) is 2.22. The topological polar surface area (TPSA) is 47.6 Å². The van der Waals surface area contributed by atoms with Crippen LogP contribution in [0, 0.1) is 34.5 Å². The van der Waals surface area contributed by atoms with Crippen LogP contribution in [0.15, 0.2) is 36.4 Å². The van der Waals surface area contributed by atoms with E-state index in [0.29, 0.717) is 16.1 Å². The first-order valence-electron chi connectivity index (χ1n) is 8.42. The summed E-state index contributed by atoms with van der Waals surface area (Å²) in [7, 11) is 0. The van der Waals surface area contributed by atoms with Crippen molar-refractivity contribution in [3.63, 3.8) is 0 Å². The van der Waals surface area contributed by atoms with E-state index in [2.05, 4.69) is 30.9 Å². The summed E-state index contributed by atoms with van der Waals surface area (Å²) >= 11 is 6.15. The molecular formula is C22H19ClN2. The molecule has 0 aliphatic carbocycles. The first kappa shape index (κ1) is 18.6. The highest BCUT2D eigenvalue weighted by Gasteiger charge is 2.06.